The standard InChI is InChI=1S/C16H25NO/c1-4-16(14-7-5-13(2)6-8-14)11-15(16)12-17-9-10-18-3/h5-8,15,17H,4,9-12H2,1-3H3. The number of benzene rings is 1. The molecular formula is C16H25NO. The van der Waals surface area contributed by atoms with Crippen LogP contribution < -0.4 is 5.32 Å². The molecule has 18 heavy (non-hydrogen) atoms. The van der Waals surface area contributed by atoms with Crippen LogP contribution in [0.5, 0.6) is 0 Å². The fourth-order valence-corrected chi connectivity index (χ4v) is 2.98. The lowest BCUT2D eigenvalue weighted by atomic mass is 9.90. The van der Waals surface area contributed by atoms with E-state index in [1.807, 2.05) is 0 Å². The third kappa shape index (κ3) is 2.76. The van der Waals surface area contributed by atoms with E-state index in [1.165, 1.54) is 24.0 Å². The molecule has 0 aromatic heterocycles. The van der Waals surface area contributed by atoms with Crippen LogP contribution in [0.3, 0.4) is 0 Å². The number of ether oxygens (including phenoxy) is 1. The van der Waals surface area contributed by atoms with Gasteiger partial charge in [-0.1, -0.05) is 36.8 Å². The van der Waals surface area contributed by atoms with E-state index in [9.17, 15) is 0 Å². The van der Waals surface area contributed by atoms with E-state index in [2.05, 4.69) is 43.4 Å². The lowest BCUT2D eigenvalue weighted by Crippen LogP contribution is -2.24. The Kier molecular flexibility index (Phi) is 4.41. The van der Waals surface area contributed by atoms with Gasteiger partial charge in [-0.05, 0) is 43.2 Å². The first-order chi connectivity index (χ1) is 8.73. The molecule has 0 aliphatic heterocycles. The van der Waals surface area contributed by atoms with E-state index in [-0.39, 0.29) is 0 Å². The Morgan fingerprint density at radius 2 is 2.06 bits per heavy atom. The maximum Gasteiger partial charge on any atom is 0.0587 e. The molecule has 0 heterocycles. The first-order valence-electron chi connectivity index (χ1n) is 6.99. The Hall–Kier alpha value is -0.860. The van der Waals surface area contributed by atoms with Crippen molar-refractivity contribution in [3.05, 3.63) is 35.4 Å². The first-order valence-corrected chi connectivity index (χ1v) is 6.99. The highest BCUT2D eigenvalue weighted by Gasteiger charge is 2.52. The predicted octanol–water partition coefficient (Wildman–Crippen LogP) is 2.90. The van der Waals surface area contributed by atoms with Crippen molar-refractivity contribution in [2.45, 2.75) is 32.1 Å². The number of methoxy groups -OCH3 is 1. The summed E-state index contributed by atoms with van der Waals surface area (Å²) in [7, 11) is 1.75. The van der Waals surface area contributed by atoms with Gasteiger partial charge in [0.05, 0.1) is 6.61 Å². The lowest BCUT2D eigenvalue weighted by Gasteiger charge is -2.16. The van der Waals surface area contributed by atoms with Crippen molar-refractivity contribution in [1.29, 1.82) is 0 Å². The monoisotopic (exact) mass is 247 g/mol. The molecule has 1 aromatic carbocycles. The van der Waals surface area contributed by atoms with Gasteiger partial charge in [-0.15, -0.1) is 0 Å². The van der Waals surface area contributed by atoms with Gasteiger partial charge >= 0.3 is 0 Å². The quantitative estimate of drug-likeness (QED) is 0.748. The van der Waals surface area contributed by atoms with Crippen LogP contribution in [0.2, 0.25) is 0 Å². The van der Waals surface area contributed by atoms with Gasteiger partial charge in [-0.3, -0.25) is 0 Å². The zero-order chi connectivity index (χ0) is 13.0. The molecule has 0 saturated heterocycles. The molecule has 100 valence electrons. The second kappa shape index (κ2) is 5.85. The molecular weight excluding hydrogens is 222 g/mol. The smallest absolute Gasteiger partial charge is 0.0587 e. The molecule has 1 aromatic rings. The maximum atomic E-state index is 5.06. The molecule has 0 amide bonds. The van der Waals surface area contributed by atoms with E-state index in [0.717, 1.165) is 25.6 Å². The summed E-state index contributed by atoms with van der Waals surface area (Å²) in [5, 5.41) is 3.49. The fourth-order valence-electron chi connectivity index (χ4n) is 2.98. The van der Waals surface area contributed by atoms with Crippen LogP contribution in [0.25, 0.3) is 0 Å². The number of hydrogen-bond donors (Lipinski definition) is 1. The van der Waals surface area contributed by atoms with Crippen molar-refractivity contribution in [3.8, 4) is 0 Å². The molecule has 0 bridgehead atoms. The SMILES string of the molecule is CCC1(c2ccc(C)cc2)CC1CNCCOC. The van der Waals surface area contributed by atoms with Crippen molar-refractivity contribution in [2.24, 2.45) is 5.92 Å². The van der Waals surface area contributed by atoms with Crippen LogP contribution >= 0.6 is 0 Å². The molecule has 1 fully saturated rings. The average molecular weight is 247 g/mol. The average Bonchev–Trinajstić information content (AvgIpc) is 3.10. The van der Waals surface area contributed by atoms with Crippen molar-refractivity contribution < 1.29 is 4.74 Å². The van der Waals surface area contributed by atoms with E-state index >= 15 is 0 Å². The summed E-state index contributed by atoms with van der Waals surface area (Å²) in [6.45, 7) is 7.34. The van der Waals surface area contributed by atoms with Gasteiger partial charge in [0.1, 0.15) is 0 Å². The van der Waals surface area contributed by atoms with Crippen LogP contribution in [0.1, 0.15) is 30.9 Å². The van der Waals surface area contributed by atoms with Gasteiger partial charge in [0.2, 0.25) is 0 Å². The third-order valence-electron chi connectivity index (χ3n) is 4.36. The summed E-state index contributed by atoms with van der Waals surface area (Å²) >= 11 is 0. The minimum absolute atomic E-state index is 0.438. The van der Waals surface area contributed by atoms with E-state index in [0.29, 0.717) is 5.41 Å². The Morgan fingerprint density at radius 1 is 1.33 bits per heavy atom. The summed E-state index contributed by atoms with van der Waals surface area (Å²) < 4.78 is 5.06. The van der Waals surface area contributed by atoms with E-state index in [1.54, 1.807) is 7.11 Å². The highest BCUT2D eigenvalue weighted by Crippen LogP contribution is 2.56. The molecule has 2 rings (SSSR count). The van der Waals surface area contributed by atoms with Gasteiger partial charge in [0.25, 0.3) is 0 Å². The van der Waals surface area contributed by atoms with Crippen LogP contribution in [0.15, 0.2) is 24.3 Å². The highest BCUT2D eigenvalue weighted by molar-refractivity contribution is 5.35. The van der Waals surface area contributed by atoms with E-state index in [4.69, 9.17) is 4.74 Å². The third-order valence-corrected chi connectivity index (χ3v) is 4.36. The summed E-state index contributed by atoms with van der Waals surface area (Å²) in [5.74, 6) is 0.794. The fraction of sp³-hybridized carbons (Fsp3) is 0.625. The van der Waals surface area contributed by atoms with Crippen molar-refractivity contribution in [1.82, 2.24) is 5.32 Å². The number of rotatable bonds is 7. The van der Waals surface area contributed by atoms with Crippen molar-refractivity contribution >= 4 is 0 Å². The van der Waals surface area contributed by atoms with Gasteiger partial charge in [-0.2, -0.15) is 0 Å². The highest BCUT2D eigenvalue weighted by atomic mass is 16.5. The Balaban J connectivity index is 1.92. The minimum atomic E-state index is 0.438. The Bertz CT molecular complexity index is 373. The second-order valence-corrected chi connectivity index (χ2v) is 5.47. The number of aryl methyl sites for hydroxylation is 1. The predicted molar refractivity (Wildman–Crippen MR) is 76.0 cm³/mol. The zero-order valence-corrected chi connectivity index (χ0v) is 11.8. The van der Waals surface area contributed by atoms with Crippen molar-refractivity contribution in [3.63, 3.8) is 0 Å². The second-order valence-electron chi connectivity index (χ2n) is 5.47. The van der Waals surface area contributed by atoms with E-state index < -0.39 is 0 Å². The summed E-state index contributed by atoms with van der Waals surface area (Å²) in [6, 6.07) is 9.10. The van der Waals surface area contributed by atoms with Crippen LogP contribution in [-0.2, 0) is 10.2 Å². The molecule has 2 nitrogen and oxygen atoms in total. The van der Waals surface area contributed by atoms with Gasteiger partial charge in [-0.25, -0.2) is 0 Å². The largest absolute Gasteiger partial charge is 0.383 e. The topological polar surface area (TPSA) is 21.3 Å². The molecule has 2 heteroatoms. The molecule has 0 spiro atoms. The van der Waals surface area contributed by atoms with Gasteiger partial charge in [0.15, 0.2) is 0 Å². The molecule has 1 N–H and O–H groups in total. The van der Waals surface area contributed by atoms with Crippen molar-refractivity contribution in [2.75, 3.05) is 26.8 Å². The molecule has 1 aliphatic carbocycles. The zero-order valence-electron chi connectivity index (χ0n) is 11.8. The normalized spacial score (nSPS) is 26.3. The lowest BCUT2D eigenvalue weighted by molar-refractivity contribution is 0.199. The van der Waals surface area contributed by atoms with Gasteiger partial charge in [0, 0.05) is 13.7 Å². The van der Waals surface area contributed by atoms with Crippen LogP contribution in [0.4, 0.5) is 0 Å². The maximum absolute atomic E-state index is 5.06. The molecule has 1 saturated carbocycles. The first kappa shape index (κ1) is 13.6. The van der Waals surface area contributed by atoms with Crippen LogP contribution in [-0.4, -0.2) is 26.8 Å². The molecule has 2 unspecified atom stereocenters. The molecule has 2 atom stereocenters. The summed E-state index contributed by atoms with van der Waals surface area (Å²) in [4.78, 5) is 0. The van der Waals surface area contributed by atoms with Crippen LogP contribution in [0, 0.1) is 12.8 Å². The summed E-state index contributed by atoms with van der Waals surface area (Å²) in [5.41, 5.74) is 3.31. The molecule has 0 radical (unpaired) electrons. The van der Waals surface area contributed by atoms with Gasteiger partial charge < -0.3 is 10.1 Å². The summed E-state index contributed by atoms with van der Waals surface area (Å²) in [6.07, 6.45) is 2.57. The minimum Gasteiger partial charge on any atom is -0.383 e. The Morgan fingerprint density at radius 3 is 2.67 bits per heavy atom. The Labute approximate surface area is 111 Å². The molecule has 1 aliphatic rings. The number of nitrogens with one attached hydrogen (secondary N) is 1. The number of hydrogen-bond acceptors (Lipinski definition) is 2.